The molecule has 0 unspecified atom stereocenters. The number of hydrogen-bond acceptors (Lipinski definition) is 1. The Bertz CT molecular complexity index is 264. The normalized spacial score (nSPS) is 13.3. The summed E-state index contributed by atoms with van der Waals surface area (Å²) >= 11 is 0. The largest absolute Gasteiger partial charge is 0.325 e. The highest BCUT2D eigenvalue weighted by Gasteiger charge is 2.21. The zero-order valence-corrected chi connectivity index (χ0v) is 11.1. The third kappa shape index (κ3) is 3.94. The summed E-state index contributed by atoms with van der Waals surface area (Å²) in [5.41, 5.74) is 2.58. The van der Waals surface area contributed by atoms with E-state index < -0.39 is 0 Å². The second-order valence-electron chi connectivity index (χ2n) is 4.70. The molecule has 0 heterocycles. The van der Waals surface area contributed by atoms with E-state index in [4.69, 9.17) is 0 Å². The predicted molar refractivity (Wildman–Crippen MR) is 69.3 cm³/mol. The fourth-order valence-corrected chi connectivity index (χ4v) is 1.61. The Kier molecular flexibility index (Phi) is 5.41. The van der Waals surface area contributed by atoms with Gasteiger partial charge in [0.15, 0.2) is 0 Å². The molecule has 0 aromatic rings. The average molecular weight is 207 g/mol. The van der Waals surface area contributed by atoms with Gasteiger partial charge in [-0.15, -0.1) is 0 Å². The first kappa shape index (κ1) is 14.0. The highest BCUT2D eigenvalue weighted by atomic mass is 15.1. The molecule has 0 bridgehead atoms. The van der Waals surface area contributed by atoms with Gasteiger partial charge in [-0.2, -0.15) is 0 Å². The molecule has 0 aliphatic heterocycles. The minimum atomic E-state index is 0.145. The van der Waals surface area contributed by atoms with Gasteiger partial charge in [-0.05, 0) is 20.3 Å². The number of nitrogens with zero attached hydrogens (tertiary/aromatic N) is 1. The number of rotatable bonds is 4. The molecular formula is C14H25N. The lowest BCUT2D eigenvalue weighted by atomic mass is 9.90. The molecule has 0 aromatic carbocycles. The van der Waals surface area contributed by atoms with Crippen LogP contribution in [-0.4, -0.2) is 4.90 Å². The van der Waals surface area contributed by atoms with Gasteiger partial charge in [0.05, 0.1) is 0 Å². The summed E-state index contributed by atoms with van der Waals surface area (Å²) in [6.07, 6.45) is 7.28. The molecule has 0 saturated carbocycles. The molecule has 0 aliphatic carbocycles. The van der Waals surface area contributed by atoms with Crippen molar-refractivity contribution in [3.8, 4) is 0 Å². The summed E-state index contributed by atoms with van der Waals surface area (Å²) in [4.78, 5) is 2.19. The first-order valence-electron chi connectivity index (χ1n) is 5.65. The molecule has 0 aliphatic rings. The van der Waals surface area contributed by atoms with Gasteiger partial charge in [-0.25, -0.2) is 0 Å². The molecule has 0 fully saturated rings. The summed E-state index contributed by atoms with van der Waals surface area (Å²) < 4.78 is 0. The molecule has 0 aromatic heterocycles. The molecule has 0 saturated heterocycles. The quantitative estimate of drug-likeness (QED) is 0.646. The third-order valence-corrected chi connectivity index (χ3v) is 2.35. The van der Waals surface area contributed by atoms with Crippen LogP contribution in [0, 0.1) is 5.41 Å². The maximum absolute atomic E-state index is 4.11. The smallest absolute Gasteiger partial charge is 0.0233 e. The zero-order valence-electron chi connectivity index (χ0n) is 11.1. The van der Waals surface area contributed by atoms with Crippen molar-refractivity contribution < 1.29 is 0 Å². The summed E-state index contributed by atoms with van der Waals surface area (Å²) in [6, 6.07) is 0. The van der Waals surface area contributed by atoms with Crippen LogP contribution in [0.15, 0.2) is 36.3 Å². The minimum Gasteiger partial charge on any atom is -0.325 e. The molecule has 0 N–H and O–H groups in total. The molecule has 0 amide bonds. The van der Waals surface area contributed by atoms with Crippen molar-refractivity contribution in [2.45, 2.75) is 48.0 Å². The molecule has 0 rings (SSSR count). The lowest BCUT2D eigenvalue weighted by molar-refractivity contribution is 0.375. The molecule has 86 valence electrons. The van der Waals surface area contributed by atoms with Crippen molar-refractivity contribution in [2.24, 2.45) is 5.41 Å². The molecule has 0 radical (unpaired) electrons. The van der Waals surface area contributed by atoms with Gasteiger partial charge in [-0.3, -0.25) is 0 Å². The van der Waals surface area contributed by atoms with Crippen molar-refractivity contribution in [3.05, 3.63) is 36.3 Å². The Balaban J connectivity index is 5.15. The number of hydrogen-bond donors (Lipinski definition) is 0. The second kappa shape index (κ2) is 5.79. The van der Waals surface area contributed by atoms with Crippen LogP contribution < -0.4 is 0 Å². The van der Waals surface area contributed by atoms with E-state index in [0.717, 1.165) is 12.1 Å². The number of allylic oxidation sites excluding steroid dienone is 4. The van der Waals surface area contributed by atoms with Gasteiger partial charge in [0.2, 0.25) is 0 Å². The van der Waals surface area contributed by atoms with Crippen molar-refractivity contribution in [3.63, 3.8) is 0 Å². The fourth-order valence-electron chi connectivity index (χ4n) is 1.61. The van der Waals surface area contributed by atoms with Crippen LogP contribution in [0.4, 0.5) is 0 Å². The van der Waals surface area contributed by atoms with Gasteiger partial charge in [-0.1, -0.05) is 46.4 Å². The van der Waals surface area contributed by atoms with Crippen LogP contribution >= 0.6 is 0 Å². The highest BCUT2D eigenvalue weighted by molar-refractivity contribution is 5.19. The van der Waals surface area contributed by atoms with E-state index in [0.29, 0.717) is 0 Å². The lowest BCUT2D eigenvalue weighted by Crippen LogP contribution is -2.25. The van der Waals surface area contributed by atoms with Gasteiger partial charge < -0.3 is 4.90 Å². The topological polar surface area (TPSA) is 3.24 Å². The Hall–Kier alpha value is -0.980. The van der Waals surface area contributed by atoms with E-state index >= 15 is 0 Å². The van der Waals surface area contributed by atoms with Crippen molar-refractivity contribution in [1.82, 2.24) is 4.90 Å². The van der Waals surface area contributed by atoms with E-state index in [9.17, 15) is 0 Å². The Morgan fingerprint density at radius 1 is 1.27 bits per heavy atom. The monoisotopic (exact) mass is 207 g/mol. The zero-order chi connectivity index (χ0) is 12.1. The molecule has 0 atom stereocenters. The fraction of sp³-hybridized carbons (Fsp3) is 0.571. The minimum absolute atomic E-state index is 0.145. The van der Waals surface area contributed by atoms with Crippen LogP contribution in [0.3, 0.4) is 0 Å². The van der Waals surface area contributed by atoms with Crippen molar-refractivity contribution in [1.29, 1.82) is 0 Å². The predicted octanol–water partition coefficient (Wildman–Crippen LogP) is 4.70. The Morgan fingerprint density at radius 2 is 1.80 bits per heavy atom. The summed E-state index contributed by atoms with van der Waals surface area (Å²) in [5, 5.41) is 0. The van der Waals surface area contributed by atoms with Crippen molar-refractivity contribution in [2.75, 3.05) is 0 Å². The van der Waals surface area contributed by atoms with E-state index in [1.165, 1.54) is 5.70 Å². The lowest BCUT2D eigenvalue weighted by Gasteiger charge is -2.33. The SMILES string of the molecule is C=C(CC)N(/C=C\C)/C(=C\C)C(C)(C)C. The molecule has 1 nitrogen and oxygen atoms in total. The van der Waals surface area contributed by atoms with Crippen LogP contribution in [0.25, 0.3) is 0 Å². The van der Waals surface area contributed by atoms with E-state index in [1.54, 1.807) is 0 Å². The van der Waals surface area contributed by atoms with E-state index in [2.05, 4.69) is 64.4 Å². The maximum Gasteiger partial charge on any atom is 0.0233 e. The highest BCUT2D eigenvalue weighted by Crippen LogP contribution is 2.31. The molecule has 0 spiro atoms. The molecule has 15 heavy (non-hydrogen) atoms. The first-order chi connectivity index (χ1) is 6.88. The van der Waals surface area contributed by atoms with Gasteiger partial charge in [0, 0.05) is 23.0 Å². The molecular weight excluding hydrogens is 182 g/mol. The molecule has 1 heteroatoms. The van der Waals surface area contributed by atoms with Gasteiger partial charge in [0.25, 0.3) is 0 Å². The van der Waals surface area contributed by atoms with E-state index in [1.807, 2.05) is 6.92 Å². The Labute approximate surface area is 95.2 Å². The van der Waals surface area contributed by atoms with Gasteiger partial charge in [0.1, 0.15) is 0 Å². The first-order valence-corrected chi connectivity index (χ1v) is 5.65. The summed E-state index contributed by atoms with van der Waals surface area (Å²) in [6.45, 7) is 17.0. The Morgan fingerprint density at radius 3 is 2.07 bits per heavy atom. The van der Waals surface area contributed by atoms with E-state index in [-0.39, 0.29) is 5.41 Å². The average Bonchev–Trinajstić information content (AvgIpc) is 2.14. The van der Waals surface area contributed by atoms with Crippen LogP contribution in [0.5, 0.6) is 0 Å². The second-order valence-corrected chi connectivity index (χ2v) is 4.70. The standard InChI is InChI=1S/C14H25N/c1-8-11-15(12(4)9-2)13(10-3)14(5,6)7/h8,10-11H,4,9H2,1-3,5-7H3/b11-8-,13-10-. The van der Waals surface area contributed by atoms with Crippen molar-refractivity contribution >= 4 is 0 Å². The summed E-state index contributed by atoms with van der Waals surface area (Å²) in [5.74, 6) is 0. The summed E-state index contributed by atoms with van der Waals surface area (Å²) in [7, 11) is 0. The van der Waals surface area contributed by atoms with Crippen LogP contribution in [0.2, 0.25) is 0 Å². The van der Waals surface area contributed by atoms with Crippen LogP contribution in [-0.2, 0) is 0 Å². The van der Waals surface area contributed by atoms with Gasteiger partial charge >= 0.3 is 0 Å². The maximum atomic E-state index is 4.11. The van der Waals surface area contributed by atoms with Crippen LogP contribution in [0.1, 0.15) is 48.0 Å². The third-order valence-electron chi connectivity index (χ3n) is 2.35.